The van der Waals surface area contributed by atoms with Crippen molar-refractivity contribution in [2.75, 3.05) is 18.4 Å². The van der Waals surface area contributed by atoms with Gasteiger partial charge in [0.2, 0.25) is 0 Å². The van der Waals surface area contributed by atoms with E-state index in [1.807, 2.05) is 11.8 Å². The van der Waals surface area contributed by atoms with Crippen molar-refractivity contribution in [1.29, 1.82) is 0 Å². The monoisotopic (exact) mass is 396 g/mol. The van der Waals surface area contributed by atoms with Gasteiger partial charge in [-0.2, -0.15) is 0 Å². The number of amides is 2. The van der Waals surface area contributed by atoms with Crippen LogP contribution in [0.4, 0.5) is 5.69 Å². The molecular formula is C21H24N4O4. The number of likely N-dealkylation sites (tertiary alicyclic amines) is 1. The fraction of sp³-hybridized carbons (Fsp3) is 0.381. The topological polar surface area (TPSA) is 112 Å². The SMILES string of the molecule is Cc1ccc(C(=O)N2CC(C)CC(C)C2)cc1NC(=O)c1cnc(C(=O)O)cn1. The van der Waals surface area contributed by atoms with E-state index in [9.17, 15) is 14.4 Å². The molecule has 1 saturated heterocycles. The minimum atomic E-state index is -1.21. The molecule has 1 aromatic heterocycles. The van der Waals surface area contributed by atoms with Gasteiger partial charge < -0.3 is 15.3 Å². The van der Waals surface area contributed by atoms with E-state index in [2.05, 4.69) is 29.1 Å². The van der Waals surface area contributed by atoms with Crippen LogP contribution in [0.25, 0.3) is 0 Å². The Morgan fingerprint density at radius 2 is 1.69 bits per heavy atom. The van der Waals surface area contributed by atoms with Crippen LogP contribution in [0.2, 0.25) is 0 Å². The predicted octanol–water partition coefficient (Wildman–Crippen LogP) is 2.85. The van der Waals surface area contributed by atoms with Crippen molar-refractivity contribution in [2.24, 2.45) is 11.8 Å². The molecule has 0 spiro atoms. The molecule has 0 radical (unpaired) electrons. The van der Waals surface area contributed by atoms with Gasteiger partial charge in [0.05, 0.1) is 12.4 Å². The third kappa shape index (κ3) is 4.77. The van der Waals surface area contributed by atoms with E-state index in [0.717, 1.165) is 37.5 Å². The highest BCUT2D eigenvalue weighted by atomic mass is 16.4. The summed E-state index contributed by atoms with van der Waals surface area (Å²) in [7, 11) is 0. The largest absolute Gasteiger partial charge is 0.476 e. The number of aromatic carboxylic acids is 1. The molecule has 0 bridgehead atoms. The number of piperidine rings is 1. The fourth-order valence-electron chi connectivity index (χ4n) is 3.64. The number of hydrogen-bond acceptors (Lipinski definition) is 5. The Bertz CT molecular complexity index is 932. The molecule has 152 valence electrons. The molecule has 0 aliphatic carbocycles. The van der Waals surface area contributed by atoms with Gasteiger partial charge in [0.1, 0.15) is 5.69 Å². The maximum absolute atomic E-state index is 12.9. The van der Waals surface area contributed by atoms with Gasteiger partial charge in [-0.1, -0.05) is 19.9 Å². The summed E-state index contributed by atoms with van der Waals surface area (Å²) >= 11 is 0. The van der Waals surface area contributed by atoms with Crippen LogP contribution in [-0.4, -0.2) is 50.8 Å². The van der Waals surface area contributed by atoms with Gasteiger partial charge in [0, 0.05) is 24.3 Å². The predicted molar refractivity (Wildman–Crippen MR) is 107 cm³/mol. The van der Waals surface area contributed by atoms with Crippen molar-refractivity contribution in [3.8, 4) is 0 Å². The maximum Gasteiger partial charge on any atom is 0.356 e. The highest BCUT2D eigenvalue weighted by Gasteiger charge is 2.26. The number of nitrogens with zero attached hydrogens (tertiary/aromatic N) is 3. The normalized spacial score (nSPS) is 18.9. The Balaban J connectivity index is 1.77. The second-order valence-corrected chi connectivity index (χ2v) is 7.73. The summed E-state index contributed by atoms with van der Waals surface area (Å²) in [4.78, 5) is 45.7. The number of carboxylic acid groups (broad SMARTS) is 1. The third-order valence-corrected chi connectivity index (χ3v) is 4.99. The number of rotatable bonds is 4. The number of aromatic nitrogens is 2. The number of carboxylic acids is 1. The first-order chi connectivity index (χ1) is 13.7. The highest BCUT2D eigenvalue weighted by molar-refractivity contribution is 6.04. The van der Waals surface area contributed by atoms with Crippen molar-refractivity contribution in [1.82, 2.24) is 14.9 Å². The molecule has 2 N–H and O–H groups in total. The van der Waals surface area contributed by atoms with E-state index in [-0.39, 0.29) is 17.3 Å². The van der Waals surface area contributed by atoms with Crippen LogP contribution >= 0.6 is 0 Å². The lowest BCUT2D eigenvalue weighted by molar-refractivity contribution is 0.0622. The average Bonchev–Trinajstić information content (AvgIpc) is 2.68. The van der Waals surface area contributed by atoms with Crippen LogP contribution in [-0.2, 0) is 0 Å². The molecule has 29 heavy (non-hydrogen) atoms. The van der Waals surface area contributed by atoms with Crippen molar-refractivity contribution < 1.29 is 19.5 Å². The molecule has 8 heteroatoms. The number of benzene rings is 1. The molecule has 2 heterocycles. The minimum Gasteiger partial charge on any atom is -0.476 e. The van der Waals surface area contributed by atoms with E-state index in [1.54, 1.807) is 18.2 Å². The lowest BCUT2D eigenvalue weighted by Gasteiger charge is -2.35. The molecule has 2 amide bonds. The molecule has 2 unspecified atom stereocenters. The molecule has 8 nitrogen and oxygen atoms in total. The Morgan fingerprint density at radius 3 is 2.28 bits per heavy atom. The molecule has 1 aromatic carbocycles. The maximum atomic E-state index is 12.9. The smallest absolute Gasteiger partial charge is 0.356 e. The number of nitrogens with one attached hydrogen (secondary N) is 1. The Hall–Kier alpha value is -3.29. The lowest BCUT2D eigenvalue weighted by Crippen LogP contribution is -2.42. The second-order valence-electron chi connectivity index (χ2n) is 7.73. The van der Waals surface area contributed by atoms with Gasteiger partial charge in [-0.25, -0.2) is 14.8 Å². The summed E-state index contributed by atoms with van der Waals surface area (Å²) in [6.07, 6.45) is 3.25. The van der Waals surface area contributed by atoms with E-state index in [0.29, 0.717) is 23.1 Å². The summed E-state index contributed by atoms with van der Waals surface area (Å²) in [5.74, 6) is -0.876. The molecule has 1 aliphatic rings. The Morgan fingerprint density at radius 1 is 1.07 bits per heavy atom. The van der Waals surface area contributed by atoms with Crippen LogP contribution in [0.3, 0.4) is 0 Å². The van der Waals surface area contributed by atoms with E-state index in [4.69, 9.17) is 5.11 Å². The van der Waals surface area contributed by atoms with Crippen LogP contribution < -0.4 is 5.32 Å². The Kier molecular flexibility index (Phi) is 5.91. The quantitative estimate of drug-likeness (QED) is 0.822. The molecule has 1 aliphatic heterocycles. The minimum absolute atomic E-state index is 0.00944. The molecule has 3 rings (SSSR count). The van der Waals surface area contributed by atoms with Crippen LogP contribution in [0.5, 0.6) is 0 Å². The molecule has 1 fully saturated rings. The summed E-state index contributed by atoms with van der Waals surface area (Å²) in [5, 5.41) is 11.6. The number of aryl methyl sites for hydroxylation is 1. The molecular weight excluding hydrogens is 372 g/mol. The van der Waals surface area contributed by atoms with Gasteiger partial charge >= 0.3 is 5.97 Å². The zero-order valence-electron chi connectivity index (χ0n) is 16.7. The van der Waals surface area contributed by atoms with Crippen molar-refractivity contribution >= 4 is 23.5 Å². The highest BCUT2D eigenvalue weighted by Crippen LogP contribution is 2.24. The van der Waals surface area contributed by atoms with E-state index in [1.165, 1.54) is 0 Å². The van der Waals surface area contributed by atoms with Gasteiger partial charge in [0.15, 0.2) is 5.69 Å². The van der Waals surface area contributed by atoms with Crippen LogP contribution in [0, 0.1) is 18.8 Å². The first-order valence-electron chi connectivity index (χ1n) is 9.51. The van der Waals surface area contributed by atoms with E-state index >= 15 is 0 Å². The molecule has 2 aromatic rings. The van der Waals surface area contributed by atoms with Gasteiger partial charge in [-0.3, -0.25) is 9.59 Å². The number of carbonyl (C=O) groups excluding carboxylic acids is 2. The summed E-state index contributed by atoms with van der Waals surface area (Å²) in [6.45, 7) is 7.57. The standard InChI is InChI=1S/C21H24N4O4/c1-12-6-13(2)11-25(10-12)20(27)15-5-4-14(3)16(7-15)24-19(26)17-8-23-18(9-22-17)21(28)29/h4-5,7-9,12-13H,6,10-11H2,1-3H3,(H,24,26)(H,28,29). The van der Waals surface area contributed by atoms with Gasteiger partial charge in [0.25, 0.3) is 11.8 Å². The van der Waals surface area contributed by atoms with Crippen molar-refractivity contribution in [3.63, 3.8) is 0 Å². The number of carbonyl (C=O) groups is 3. The van der Waals surface area contributed by atoms with Crippen molar-refractivity contribution in [2.45, 2.75) is 27.2 Å². The lowest BCUT2D eigenvalue weighted by atomic mass is 9.91. The first kappa shape index (κ1) is 20.4. The van der Waals surface area contributed by atoms with Crippen LogP contribution in [0.1, 0.15) is 57.2 Å². The summed E-state index contributed by atoms with van der Waals surface area (Å²) < 4.78 is 0. The third-order valence-electron chi connectivity index (χ3n) is 4.99. The zero-order chi connectivity index (χ0) is 21.1. The number of hydrogen-bond donors (Lipinski definition) is 2. The Labute approximate surface area is 169 Å². The first-order valence-corrected chi connectivity index (χ1v) is 9.51. The van der Waals surface area contributed by atoms with E-state index < -0.39 is 11.9 Å². The zero-order valence-corrected chi connectivity index (χ0v) is 16.7. The molecule has 2 atom stereocenters. The number of anilines is 1. The summed E-state index contributed by atoms with van der Waals surface area (Å²) in [6, 6.07) is 5.22. The fourth-order valence-corrected chi connectivity index (χ4v) is 3.64. The van der Waals surface area contributed by atoms with Gasteiger partial charge in [-0.15, -0.1) is 0 Å². The van der Waals surface area contributed by atoms with Crippen LogP contribution in [0.15, 0.2) is 30.6 Å². The summed E-state index contributed by atoms with van der Waals surface area (Å²) in [5.41, 5.74) is 1.56. The average molecular weight is 396 g/mol. The molecule has 0 saturated carbocycles. The second kappa shape index (κ2) is 8.38. The van der Waals surface area contributed by atoms with Gasteiger partial charge in [-0.05, 0) is 42.9 Å². The van der Waals surface area contributed by atoms with Crippen molar-refractivity contribution in [3.05, 3.63) is 53.1 Å².